The van der Waals surface area contributed by atoms with Gasteiger partial charge in [-0.2, -0.15) is 0 Å². The Morgan fingerprint density at radius 2 is 2.00 bits per heavy atom. The first-order valence-corrected chi connectivity index (χ1v) is 6.74. The normalized spacial score (nSPS) is 12.0. The summed E-state index contributed by atoms with van der Waals surface area (Å²) in [6.07, 6.45) is 1.64. The van der Waals surface area contributed by atoms with Crippen LogP contribution >= 0.6 is 0 Å². The molecule has 1 atom stereocenters. The summed E-state index contributed by atoms with van der Waals surface area (Å²) in [5.74, 6) is 0.804. The minimum Gasteiger partial charge on any atom is -0.492 e. The zero-order chi connectivity index (χ0) is 14.3. The van der Waals surface area contributed by atoms with Crippen molar-refractivity contribution in [2.24, 2.45) is 5.73 Å². The minimum atomic E-state index is -0.394. The van der Waals surface area contributed by atoms with E-state index in [1.54, 1.807) is 11.9 Å². The van der Waals surface area contributed by atoms with E-state index in [9.17, 15) is 4.79 Å². The molecule has 0 saturated carbocycles. The molecule has 0 radical (unpaired) electrons. The lowest BCUT2D eigenvalue weighted by Crippen LogP contribution is -2.43. The van der Waals surface area contributed by atoms with Gasteiger partial charge in [-0.1, -0.05) is 31.0 Å². The Hall–Kier alpha value is -1.55. The number of ether oxygens (including phenoxy) is 1. The molecule has 0 fully saturated rings. The number of hydrogen-bond donors (Lipinski definition) is 1. The molecular formula is C15H24N2O2. The summed E-state index contributed by atoms with van der Waals surface area (Å²) in [6, 6.07) is 7.47. The maximum atomic E-state index is 11.9. The predicted octanol–water partition coefficient (Wildman–Crippen LogP) is 1.96. The molecular weight excluding hydrogens is 240 g/mol. The third kappa shape index (κ3) is 5.30. The Balaban J connectivity index is 2.32. The molecule has 1 rings (SSSR count). The highest BCUT2D eigenvalue weighted by Crippen LogP contribution is 2.11. The van der Waals surface area contributed by atoms with Crippen LogP contribution in [-0.4, -0.2) is 37.0 Å². The summed E-state index contributed by atoms with van der Waals surface area (Å²) in [5, 5.41) is 0. The smallest absolute Gasteiger partial charge is 0.239 e. The Morgan fingerprint density at radius 1 is 1.37 bits per heavy atom. The molecule has 1 aromatic rings. The number of hydrogen-bond acceptors (Lipinski definition) is 3. The van der Waals surface area contributed by atoms with E-state index in [4.69, 9.17) is 10.5 Å². The molecule has 2 N–H and O–H groups in total. The van der Waals surface area contributed by atoms with E-state index in [-0.39, 0.29) is 5.91 Å². The average molecular weight is 264 g/mol. The fourth-order valence-electron chi connectivity index (χ4n) is 1.76. The second kappa shape index (κ2) is 7.79. The lowest BCUT2D eigenvalue weighted by Gasteiger charge is -2.21. The van der Waals surface area contributed by atoms with Gasteiger partial charge in [0.15, 0.2) is 0 Å². The quantitative estimate of drug-likeness (QED) is 0.819. The molecule has 19 heavy (non-hydrogen) atoms. The summed E-state index contributed by atoms with van der Waals surface area (Å²) in [5.41, 5.74) is 7.00. The lowest BCUT2D eigenvalue weighted by atomic mass is 10.1. The van der Waals surface area contributed by atoms with E-state index in [0.29, 0.717) is 13.2 Å². The predicted molar refractivity (Wildman–Crippen MR) is 77.2 cm³/mol. The summed E-state index contributed by atoms with van der Waals surface area (Å²) >= 11 is 0. The number of likely N-dealkylation sites (N-methyl/N-ethyl adjacent to an activating group) is 1. The fourth-order valence-corrected chi connectivity index (χ4v) is 1.76. The van der Waals surface area contributed by atoms with Gasteiger partial charge in [0.2, 0.25) is 5.91 Å². The largest absolute Gasteiger partial charge is 0.492 e. The first-order chi connectivity index (χ1) is 9.04. The molecule has 1 aromatic carbocycles. The third-order valence-corrected chi connectivity index (χ3v) is 3.01. The maximum absolute atomic E-state index is 11.9. The molecule has 0 aliphatic heterocycles. The van der Waals surface area contributed by atoms with Crippen LogP contribution in [0.1, 0.15) is 25.3 Å². The average Bonchev–Trinajstić information content (AvgIpc) is 2.40. The zero-order valence-electron chi connectivity index (χ0n) is 12.1. The zero-order valence-corrected chi connectivity index (χ0v) is 12.1. The topological polar surface area (TPSA) is 55.6 Å². The van der Waals surface area contributed by atoms with E-state index in [0.717, 1.165) is 18.6 Å². The fraction of sp³-hybridized carbons (Fsp3) is 0.533. The van der Waals surface area contributed by atoms with Gasteiger partial charge >= 0.3 is 0 Å². The molecule has 0 heterocycles. The number of amides is 1. The van der Waals surface area contributed by atoms with Crippen LogP contribution in [0.3, 0.4) is 0 Å². The highest BCUT2D eigenvalue weighted by molar-refractivity contribution is 5.81. The van der Waals surface area contributed by atoms with Crippen molar-refractivity contribution in [1.82, 2.24) is 4.90 Å². The molecule has 0 aliphatic rings. The standard InChI is InChI=1S/C15H24N2O2/c1-4-5-14(16)15(18)17(3)10-11-19-13-8-6-12(2)7-9-13/h6-9,14H,4-5,10-11,16H2,1-3H3/t14-/m1/s1. The van der Waals surface area contributed by atoms with Crippen molar-refractivity contribution >= 4 is 5.91 Å². The second-order valence-electron chi connectivity index (χ2n) is 4.82. The van der Waals surface area contributed by atoms with Crippen molar-refractivity contribution in [3.05, 3.63) is 29.8 Å². The number of carbonyl (C=O) groups excluding carboxylic acids is 1. The van der Waals surface area contributed by atoms with E-state index >= 15 is 0 Å². The summed E-state index contributed by atoms with van der Waals surface area (Å²) in [6.45, 7) is 5.08. The lowest BCUT2D eigenvalue weighted by molar-refractivity contribution is -0.131. The molecule has 0 spiro atoms. The second-order valence-corrected chi connectivity index (χ2v) is 4.82. The Bertz CT molecular complexity index is 390. The number of rotatable bonds is 7. The molecule has 0 aliphatic carbocycles. The number of aryl methyl sites for hydroxylation is 1. The van der Waals surface area contributed by atoms with Gasteiger partial charge in [0.25, 0.3) is 0 Å². The molecule has 106 valence electrons. The summed E-state index contributed by atoms with van der Waals surface area (Å²) in [7, 11) is 1.76. The van der Waals surface area contributed by atoms with Crippen LogP contribution in [0, 0.1) is 6.92 Å². The van der Waals surface area contributed by atoms with Gasteiger partial charge < -0.3 is 15.4 Å². The van der Waals surface area contributed by atoms with Crippen molar-refractivity contribution in [1.29, 1.82) is 0 Å². The third-order valence-electron chi connectivity index (χ3n) is 3.01. The van der Waals surface area contributed by atoms with Crippen molar-refractivity contribution in [3.63, 3.8) is 0 Å². The number of carbonyl (C=O) groups is 1. The number of benzene rings is 1. The highest BCUT2D eigenvalue weighted by Gasteiger charge is 2.16. The van der Waals surface area contributed by atoms with Gasteiger partial charge in [0, 0.05) is 7.05 Å². The van der Waals surface area contributed by atoms with Crippen LogP contribution in [0.25, 0.3) is 0 Å². The van der Waals surface area contributed by atoms with Crippen LogP contribution in [0.2, 0.25) is 0 Å². The van der Waals surface area contributed by atoms with Crippen molar-refractivity contribution < 1.29 is 9.53 Å². The van der Waals surface area contributed by atoms with E-state index in [1.165, 1.54) is 5.56 Å². The van der Waals surface area contributed by atoms with Crippen molar-refractivity contribution in [3.8, 4) is 5.75 Å². The van der Waals surface area contributed by atoms with Gasteiger partial charge in [-0.15, -0.1) is 0 Å². The molecule has 0 aromatic heterocycles. The van der Waals surface area contributed by atoms with E-state index in [1.807, 2.05) is 38.1 Å². The Labute approximate surface area is 115 Å². The first-order valence-electron chi connectivity index (χ1n) is 6.74. The van der Waals surface area contributed by atoms with Crippen molar-refractivity contribution in [2.75, 3.05) is 20.2 Å². The SMILES string of the molecule is CCC[C@@H](N)C(=O)N(C)CCOc1ccc(C)cc1. The number of nitrogens with two attached hydrogens (primary N) is 1. The number of nitrogens with zero attached hydrogens (tertiary/aromatic N) is 1. The van der Waals surface area contributed by atoms with E-state index in [2.05, 4.69) is 0 Å². The first kappa shape index (κ1) is 15.5. The highest BCUT2D eigenvalue weighted by atomic mass is 16.5. The van der Waals surface area contributed by atoms with Crippen LogP contribution in [-0.2, 0) is 4.79 Å². The Kier molecular flexibility index (Phi) is 6.36. The molecule has 0 unspecified atom stereocenters. The summed E-state index contributed by atoms with van der Waals surface area (Å²) < 4.78 is 5.59. The van der Waals surface area contributed by atoms with Crippen LogP contribution in [0.15, 0.2) is 24.3 Å². The van der Waals surface area contributed by atoms with E-state index < -0.39 is 6.04 Å². The molecule has 0 bridgehead atoms. The van der Waals surface area contributed by atoms with Crippen LogP contribution in [0.4, 0.5) is 0 Å². The maximum Gasteiger partial charge on any atom is 0.239 e. The van der Waals surface area contributed by atoms with Gasteiger partial charge in [-0.05, 0) is 25.5 Å². The minimum absolute atomic E-state index is 0.0191. The Morgan fingerprint density at radius 3 is 2.58 bits per heavy atom. The molecule has 4 heteroatoms. The van der Waals surface area contributed by atoms with Gasteiger partial charge in [0.05, 0.1) is 12.6 Å². The molecule has 1 amide bonds. The van der Waals surface area contributed by atoms with Crippen molar-refractivity contribution in [2.45, 2.75) is 32.7 Å². The monoisotopic (exact) mass is 264 g/mol. The van der Waals surface area contributed by atoms with Crippen LogP contribution < -0.4 is 10.5 Å². The summed E-state index contributed by atoms with van der Waals surface area (Å²) in [4.78, 5) is 13.5. The molecule has 4 nitrogen and oxygen atoms in total. The van der Waals surface area contributed by atoms with Crippen LogP contribution in [0.5, 0.6) is 5.75 Å². The van der Waals surface area contributed by atoms with Gasteiger partial charge in [-0.25, -0.2) is 0 Å². The molecule has 0 saturated heterocycles. The van der Waals surface area contributed by atoms with Gasteiger partial charge in [-0.3, -0.25) is 4.79 Å². The van der Waals surface area contributed by atoms with Gasteiger partial charge in [0.1, 0.15) is 12.4 Å².